The Morgan fingerprint density at radius 3 is 2.91 bits per heavy atom. The van der Waals surface area contributed by atoms with Crippen LogP contribution in [-0.2, 0) is 0 Å². The molecule has 1 rings (SSSR count). The summed E-state index contributed by atoms with van der Waals surface area (Å²) in [6.45, 7) is -0.635. The summed E-state index contributed by atoms with van der Waals surface area (Å²) in [5.74, 6) is -0.260. The molecule has 0 aromatic heterocycles. The highest BCUT2D eigenvalue weighted by Gasteiger charge is 1.94. The zero-order valence-corrected chi connectivity index (χ0v) is 5.81. The van der Waals surface area contributed by atoms with Crippen molar-refractivity contribution in [1.82, 2.24) is 0 Å². The summed E-state index contributed by atoms with van der Waals surface area (Å²) >= 11 is 0. The molecule has 0 amide bonds. The molecule has 0 saturated heterocycles. The van der Waals surface area contributed by atoms with E-state index in [9.17, 15) is 8.78 Å². The van der Waals surface area contributed by atoms with Gasteiger partial charge in [-0.2, -0.15) is 0 Å². The summed E-state index contributed by atoms with van der Waals surface area (Å²) in [5.41, 5.74) is 0. The lowest BCUT2D eigenvalue weighted by molar-refractivity contribution is 0.271. The van der Waals surface area contributed by atoms with Gasteiger partial charge in [-0.3, -0.25) is 0 Å². The Bertz CT molecular complexity index is 225. The lowest BCUT2D eigenvalue weighted by atomic mass is 10.3. The predicted molar refractivity (Wildman–Crippen MR) is 36.7 cm³/mol. The maximum atomic E-state index is 12.4. The van der Waals surface area contributed by atoms with E-state index < -0.39 is 12.5 Å². The standard InChI is InChI=1S/C8H7F2O/c9-4-5-11-8-3-1-2-7(10)6-8/h1-3H,4-5H2. The van der Waals surface area contributed by atoms with Crippen LogP contribution in [0.25, 0.3) is 0 Å². The van der Waals surface area contributed by atoms with Crippen LogP contribution in [0.1, 0.15) is 0 Å². The lowest BCUT2D eigenvalue weighted by Gasteiger charge is -2.00. The molecule has 0 bridgehead atoms. The van der Waals surface area contributed by atoms with Crippen molar-refractivity contribution in [1.29, 1.82) is 0 Å². The topological polar surface area (TPSA) is 9.23 Å². The van der Waals surface area contributed by atoms with E-state index in [4.69, 9.17) is 4.74 Å². The smallest absolute Gasteiger partial charge is 0.135 e. The van der Waals surface area contributed by atoms with E-state index in [0.29, 0.717) is 0 Å². The minimum atomic E-state index is -0.579. The molecule has 3 heteroatoms. The number of ether oxygens (including phenoxy) is 1. The van der Waals surface area contributed by atoms with Gasteiger partial charge in [0.2, 0.25) is 0 Å². The maximum absolute atomic E-state index is 12.4. The molecule has 0 unspecified atom stereocenters. The number of benzene rings is 1. The third-order valence-electron chi connectivity index (χ3n) is 1.07. The van der Waals surface area contributed by atoms with Crippen molar-refractivity contribution in [2.75, 3.05) is 13.3 Å². The molecule has 1 aromatic carbocycles. The van der Waals surface area contributed by atoms with Crippen LogP contribution in [0.5, 0.6) is 5.75 Å². The molecule has 0 saturated carbocycles. The molecule has 0 atom stereocenters. The third-order valence-corrected chi connectivity index (χ3v) is 1.07. The van der Waals surface area contributed by atoms with Gasteiger partial charge in [0.1, 0.15) is 24.8 Å². The van der Waals surface area contributed by atoms with Crippen molar-refractivity contribution in [3.8, 4) is 5.75 Å². The molecule has 0 heterocycles. The minimum Gasteiger partial charge on any atom is -0.490 e. The summed E-state index contributed by atoms with van der Waals surface area (Å²) in [4.78, 5) is 0. The third kappa shape index (κ3) is 2.53. The summed E-state index contributed by atoms with van der Waals surface area (Å²) in [7, 11) is 0. The first-order valence-electron chi connectivity index (χ1n) is 3.19. The highest BCUT2D eigenvalue weighted by Crippen LogP contribution is 2.10. The second-order valence-corrected chi connectivity index (χ2v) is 1.90. The Morgan fingerprint density at radius 1 is 1.45 bits per heavy atom. The van der Waals surface area contributed by atoms with Gasteiger partial charge in [-0.05, 0) is 12.1 Å². The van der Waals surface area contributed by atoms with Gasteiger partial charge in [0, 0.05) is 0 Å². The number of halogens is 2. The van der Waals surface area contributed by atoms with Crippen molar-refractivity contribution in [2.24, 2.45) is 0 Å². The number of hydrogen-bond acceptors (Lipinski definition) is 1. The first-order chi connectivity index (χ1) is 5.33. The number of rotatable bonds is 3. The van der Waals surface area contributed by atoms with Gasteiger partial charge in [0.05, 0.1) is 6.07 Å². The number of alkyl halides is 1. The SMILES string of the molecule is FCCOc1[c]c(F)ccc1. The normalized spacial score (nSPS) is 9.64. The second-order valence-electron chi connectivity index (χ2n) is 1.90. The molecular formula is C8H7F2O. The van der Waals surface area contributed by atoms with Crippen LogP contribution in [0.2, 0.25) is 0 Å². The van der Waals surface area contributed by atoms with Gasteiger partial charge < -0.3 is 4.74 Å². The Hall–Kier alpha value is -1.12. The van der Waals surface area contributed by atoms with Crippen molar-refractivity contribution >= 4 is 0 Å². The van der Waals surface area contributed by atoms with Crippen LogP contribution in [-0.4, -0.2) is 13.3 Å². The van der Waals surface area contributed by atoms with Crippen LogP contribution in [0.15, 0.2) is 18.2 Å². The van der Waals surface area contributed by atoms with Gasteiger partial charge in [0.15, 0.2) is 0 Å². The predicted octanol–water partition coefficient (Wildman–Crippen LogP) is 1.97. The molecule has 11 heavy (non-hydrogen) atoms. The summed E-state index contributed by atoms with van der Waals surface area (Å²) in [5, 5.41) is 0. The fourth-order valence-electron chi connectivity index (χ4n) is 0.654. The van der Waals surface area contributed by atoms with Crippen molar-refractivity contribution in [3.63, 3.8) is 0 Å². The van der Waals surface area contributed by atoms with E-state index >= 15 is 0 Å². The van der Waals surface area contributed by atoms with E-state index in [-0.39, 0.29) is 12.4 Å². The zero-order chi connectivity index (χ0) is 8.10. The highest BCUT2D eigenvalue weighted by molar-refractivity contribution is 5.20. The van der Waals surface area contributed by atoms with E-state index in [2.05, 4.69) is 6.07 Å². The van der Waals surface area contributed by atoms with Crippen LogP contribution < -0.4 is 4.74 Å². The van der Waals surface area contributed by atoms with Crippen molar-refractivity contribution in [3.05, 3.63) is 30.1 Å². The van der Waals surface area contributed by atoms with Crippen LogP contribution in [0.3, 0.4) is 0 Å². The Kier molecular flexibility index (Phi) is 2.83. The summed E-state index contributed by atoms with van der Waals surface area (Å²) < 4.78 is 28.7. The molecule has 59 valence electrons. The molecule has 0 aliphatic heterocycles. The first-order valence-corrected chi connectivity index (χ1v) is 3.19. The largest absolute Gasteiger partial charge is 0.490 e. The Morgan fingerprint density at radius 2 is 2.27 bits per heavy atom. The van der Waals surface area contributed by atoms with Gasteiger partial charge >= 0.3 is 0 Å². The maximum Gasteiger partial charge on any atom is 0.135 e. The molecule has 0 spiro atoms. The first kappa shape index (κ1) is 7.98. The number of hydrogen-bond donors (Lipinski definition) is 0. The lowest BCUT2D eigenvalue weighted by Crippen LogP contribution is -1.98. The summed E-state index contributed by atoms with van der Waals surface area (Å²) in [6.07, 6.45) is 0. The molecule has 1 aromatic rings. The van der Waals surface area contributed by atoms with Gasteiger partial charge in [0.25, 0.3) is 0 Å². The summed E-state index contributed by atoms with van der Waals surface area (Å²) in [6, 6.07) is 6.55. The highest BCUT2D eigenvalue weighted by atomic mass is 19.1. The Balaban J connectivity index is 2.56. The molecule has 1 nitrogen and oxygen atoms in total. The molecule has 0 fully saturated rings. The van der Waals surface area contributed by atoms with Crippen LogP contribution >= 0.6 is 0 Å². The van der Waals surface area contributed by atoms with Crippen molar-refractivity contribution in [2.45, 2.75) is 0 Å². The van der Waals surface area contributed by atoms with E-state index in [0.717, 1.165) is 0 Å². The van der Waals surface area contributed by atoms with E-state index in [1.807, 2.05) is 0 Å². The van der Waals surface area contributed by atoms with Crippen molar-refractivity contribution < 1.29 is 13.5 Å². The minimum absolute atomic E-state index is 0.0556. The van der Waals surface area contributed by atoms with E-state index in [1.165, 1.54) is 18.2 Å². The molecular weight excluding hydrogens is 150 g/mol. The fraction of sp³-hybridized carbons (Fsp3) is 0.250. The molecule has 0 aliphatic rings. The fourth-order valence-corrected chi connectivity index (χ4v) is 0.654. The van der Waals surface area contributed by atoms with Gasteiger partial charge in [-0.15, -0.1) is 0 Å². The van der Waals surface area contributed by atoms with Gasteiger partial charge in [-0.25, -0.2) is 8.78 Å². The van der Waals surface area contributed by atoms with E-state index in [1.54, 1.807) is 0 Å². The van der Waals surface area contributed by atoms with Crippen LogP contribution in [0, 0.1) is 11.9 Å². The average Bonchev–Trinajstić information content (AvgIpc) is 2.01. The monoisotopic (exact) mass is 157 g/mol. The quantitative estimate of drug-likeness (QED) is 0.651. The van der Waals surface area contributed by atoms with Crippen LogP contribution in [0.4, 0.5) is 8.78 Å². The second kappa shape index (κ2) is 3.91. The average molecular weight is 157 g/mol. The molecule has 0 aliphatic carbocycles. The molecule has 0 N–H and O–H groups in total. The van der Waals surface area contributed by atoms with Gasteiger partial charge in [-0.1, -0.05) is 6.07 Å². The Labute approximate surface area is 63.6 Å². The zero-order valence-electron chi connectivity index (χ0n) is 5.81. The molecule has 1 radical (unpaired) electrons.